The van der Waals surface area contributed by atoms with E-state index < -0.39 is 10.8 Å². The van der Waals surface area contributed by atoms with Gasteiger partial charge in [-0.1, -0.05) is 35.9 Å². The van der Waals surface area contributed by atoms with Gasteiger partial charge in [0.05, 0.1) is 38.4 Å². The lowest BCUT2D eigenvalue weighted by atomic mass is 10.0. The van der Waals surface area contributed by atoms with Crippen LogP contribution in [-0.2, 0) is 22.1 Å². The van der Waals surface area contributed by atoms with Gasteiger partial charge in [-0.05, 0) is 68.1 Å². The van der Waals surface area contributed by atoms with Crippen LogP contribution in [0.4, 0.5) is 5.69 Å². The molecule has 3 aromatic carbocycles. The summed E-state index contributed by atoms with van der Waals surface area (Å²) in [6.07, 6.45) is 2.16. The van der Waals surface area contributed by atoms with Gasteiger partial charge < -0.3 is 15.1 Å². The Balaban J connectivity index is 1.44. The van der Waals surface area contributed by atoms with Gasteiger partial charge in [-0.25, -0.2) is 4.21 Å². The van der Waals surface area contributed by atoms with Crippen LogP contribution in [0.3, 0.4) is 0 Å². The van der Waals surface area contributed by atoms with Crippen molar-refractivity contribution in [1.82, 2.24) is 10.2 Å². The Kier molecular flexibility index (Phi) is 7.42. The Morgan fingerprint density at radius 1 is 1.00 bits per heavy atom. The number of benzene rings is 3. The number of fused-ring (bicyclic) bond motifs is 2. The van der Waals surface area contributed by atoms with E-state index in [0.717, 1.165) is 29.7 Å². The molecule has 0 aromatic heterocycles. The molecule has 38 heavy (non-hydrogen) atoms. The second-order valence-electron chi connectivity index (χ2n) is 9.86. The van der Waals surface area contributed by atoms with Gasteiger partial charge in [0.15, 0.2) is 0 Å². The van der Waals surface area contributed by atoms with Gasteiger partial charge in [0.25, 0.3) is 11.8 Å². The van der Waals surface area contributed by atoms with Crippen LogP contribution in [0.1, 0.15) is 56.7 Å². The van der Waals surface area contributed by atoms with E-state index in [1.54, 1.807) is 47.4 Å². The lowest BCUT2D eigenvalue weighted by Crippen LogP contribution is -2.32. The summed E-state index contributed by atoms with van der Waals surface area (Å²) in [5, 5.41) is 2.92. The van der Waals surface area contributed by atoms with Crippen molar-refractivity contribution < 1.29 is 18.6 Å². The third kappa shape index (κ3) is 5.13. The zero-order valence-corrected chi connectivity index (χ0v) is 22.5. The molecule has 0 saturated carbocycles. The van der Waals surface area contributed by atoms with Gasteiger partial charge >= 0.3 is 0 Å². The SMILES string of the molecule is Cc1ccc(C)c(CN2C(=O)c3ccccc3[S@](=O)c3ccc(C(=O)NCCCN4CCCC4=O)cc32)c1. The predicted molar refractivity (Wildman–Crippen MR) is 147 cm³/mol. The monoisotopic (exact) mass is 529 g/mol. The summed E-state index contributed by atoms with van der Waals surface area (Å²) in [4.78, 5) is 43.1. The van der Waals surface area contributed by atoms with E-state index >= 15 is 0 Å². The molecule has 1 fully saturated rings. The van der Waals surface area contributed by atoms with Gasteiger partial charge in [0, 0.05) is 31.6 Å². The first kappa shape index (κ1) is 25.9. The van der Waals surface area contributed by atoms with Crippen LogP contribution in [-0.4, -0.2) is 46.5 Å². The molecule has 0 unspecified atom stereocenters. The number of carbonyl (C=O) groups excluding carboxylic acids is 3. The van der Waals surface area contributed by atoms with Crippen molar-refractivity contribution in [3.8, 4) is 0 Å². The fourth-order valence-electron chi connectivity index (χ4n) is 5.02. The molecule has 3 aromatic rings. The molecule has 0 spiro atoms. The first-order valence-electron chi connectivity index (χ1n) is 12.9. The first-order valence-corrected chi connectivity index (χ1v) is 14.1. The van der Waals surface area contributed by atoms with E-state index in [9.17, 15) is 18.6 Å². The molecule has 1 saturated heterocycles. The molecule has 5 rings (SSSR count). The predicted octanol–water partition coefficient (Wildman–Crippen LogP) is 4.37. The number of likely N-dealkylation sites (tertiary alicyclic amines) is 1. The highest BCUT2D eigenvalue weighted by Gasteiger charge is 2.32. The molecule has 3 amide bonds. The summed E-state index contributed by atoms with van der Waals surface area (Å²) in [5.41, 5.74) is 4.38. The average molecular weight is 530 g/mol. The molecule has 2 heterocycles. The Bertz CT molecular complexity index is 1450. The van der Waals surface area contributed by atoms with Gasteiger partial charge in [-0.3, -0.25) is 14.4 Å². The van der Waals surface area contributed by atoms with Gasteiger partial charge in [0.1, 0.15) is 0 Å². The van der Waals surface area contributed by atoms with Gasteiger partial charge in [-0.2, -0.15) is 0 Å². The maximum Gasteiger partial charge on any atom is 0.259 e. The molecular weight excluding hydrogens is 498 g/mol. The Labute approximate surface area is 225 Å². The standard InChI is InChI=1S/C30H31N3O4S/c1-20-10-11-21(2)23(17-20)19-33-25-18-22(29(35)31-14-6-16-32-15-5-9-28(32)34)12-13-27(25)38(37)26-8-4-3-7-24(26)30(33)36/h3-4,7-8,10-13,17-18H,5-6,9,14-16,19H2,1-2H3,(H,31,35)/t38-/m0/s1. The molecular formula is C30H31N3O4S. The number of hydrogen-bond acceptors (Lipinski definition) is 4. The lowest BCUT2D eigenvalue weighted by Gasteiger charge is -2.24. The Morgan fingerprint density at radius 2 is 1.82 bits per heavy atom. The molecule has 0 bridgehead atoms. The van der Waals surface area contributed by atoms with Crippen molar-refractivity contribution in [1.29, 1.82) is 0 Å². The fraction of sp³-hybridized carbons (Fsp3) is 0.300. The highest BCUT2D eigenvalue weighted by molar-refractivity contribution is 7.85. The van der Waals surface area contributed by atoms with Crippen LogP contribution < -0.4 is 10.2 Å². The van der Waals surface area contributed by atoms with Gasteiger partial charge in [0.2, 0.25) is 5.91 Å². The summed E-state index contributed by atoms with van der Waals surface area (Å²) in [7, 11) is -1.58. The molecule has 0 radical (unpaired) electrons. The maximum atomic E-state index is 13.8. The summed E-state index contributed by atoms with van der Waals surface area (Å²) in [5.74, 6) is -0.349. The van der Waals surface area contributed by atoms with Crippen LogP contribution in [0, 0.1) is 13.8 Å². The van der Waals surface area contributed by atoms with E-state index in [1.165, 1.54) is 0 Å². The topological polar surface area (TPSA) is 86.8 Å². The average Bonchev–Trinajstić information content (AvgIpc) is 3.31. The van der Waals surface area contributed by atoms with Crippen LogP contribution >= 0.6 is 0 Å². The van der Waals surface area contributed by atoms with E-state index in [2.05, 4.69) is 11.4 Å². The summed E-state index contributed by atoms with van der Waals surface area (Å²) >= 11 is 0. The molecule has 196 valence electrons. The largest absolute Gasteiger partial charge is 0.352 e. The molecule has 8 heteroatoms. The zero-order chi connectivity index (χ0) is 26.8. The molecule has 1 N–H and O–H groups in total. The molecule has 0 aliphatic carbocycles. The highest BCUT2D eigenvalue weighted by atomic mass is 32.2. The van der Waals surface area contributed by atoms with Crippen LogP contribution in [0.2, 0.25) is 0 Å². The smallest absolute Gasteiger partial charge is 0.259 e. The van der Waals surface area contributed by atoms with Gasteiger partial charge in [-0.15, -0.1) is 0 Å². The number of nitrogens with one attached hydrogen (secondary N) is 1. The minimum atomic E-state index is -1.58. The second-order valence-corrected chi connectivity index (χ2v) is 11.3. The quantitative estimate of drug-likeness (QED) is 0.461. The van der Waals surface area contributed by atoms with Crippen molar-refractivity contribution in [3.63, 3.8) is 0 Å². The lowest BCUT2D eigenvalue weighted by molar-refractivity contribution is -0.127. The van der Waals surface area contributed by atoms with Crippen molar-refractivity contribution in [3.05, 3.63) is 88.5 Å². The molecule has 2 aliphatic heterocycles. The minimum Gasteiger partial charge on any atom is -0.352 e. The van der Waals surface area contributed by atoms with E-state index in [-0.39, 0.29) is 17.7 Å². The Hall–Kier alpha value is -3.78. The normalized spacial score (nSPS) is 16.7. The number of aryl methyl sites for hydroxylation is 2. The van der Waals surface area contributed by atoms with Crippen LogP contribution in [0.15, 0.2) is 70.5 Å². The summed E-state index contributed by atoms with van der Waals surface area (Å²) in [6, 6.07) is 18.1. The number of anilines is 1. The zero-order valence-electron chi connectivity index (χ0n) is 21.7. The second kappa shape index (κ2) is 10.9. The van der Waals surface area contributed by atoms with Crippen molar-refractivity contribution >= 4 is 34.2 Å². The fourth-order valence-corrected chi connectivity index (χ4v) is 6.36. The number of carbonyl (C=O) groups is 3. The van der Waals surface area contributed by atoms with Crippen LogP contribution in [0.25, 0.3) is 0 Å². The van der Waals surface area contributed by atoms with E-state index in [4.69, 9.17) is 0 Å². The minimum absolute atomic E-state index is 0.171. The number of hydrogen-bond donors (Lipinski definition) is 1. The van der Waals surface area contributed by atoms with Crippen molar-refractivity contribution in [2.24, 2.45) is 0 Å². The number of rotatable bonds is 7. The number of nitrogens with zero attached hydrogens (tertiary/aromatic N) is 2. The summed E-state index contributed by atoms with van der Waals surface area (Å²) < 4.78 is 13.6. The van der Waals surface area contributed by atoms with E-state index in [0.29, 0.717) is 59.1 Å². The highest BCUT2D eigenvalue weighted by Crippen LogP contribution is 2.36. The number of amides is 3. The third-order valence-electron chi connectivity index (χ3n) is 7.17. The van der Waals surface area contributed by atoms with Crippen molar-refractivity contribution in [2.75, 3.05) is 24.5 Å². The first-order chi connectivity index (χ1) is 18.3. The summed E-state index contributed by atoms with van der Waals surface area (Å²) in [6.45, 7) is 6.14. The molecule has 2 aliphatic rings. The van der Waals surface area contributed by atoms with E-state index in [1.807, 2.05) is 30.9 Å². The maximum absolute atomic E-state index is 13.8. The Morgan fingerprint density at radius 3 is 2.61 bits per heavy atom. The molecule has 7 nitrogen and oxygen atoms in total. The molecule has 1 atom stereocenters. The van der Waals surface area contributed by atoms with Crippen molar-refractivity contribution in [2.45, 2.75) is 49.4 Å². The van der Waals surface area contributed by atoms with Crippen LogP contribution in [0.5, 0.6) is 0 Å². The third-order valence-corrected chi connectivity index (χ3v) is 8.67.